The fourth-order valence-corrected chi connectivity index (χ4v) is 3.33. The molecule has 0 saturated heterocycles. The minimum atomic E-state index is -0.280. The summed E-state index contributed by atoms with van der Waals surface area (Å²) in [7, 11) is 4.09. The van der Waals surface area contributed by atoms with Crippen LogP contribution in [0.3, 0.4) is 0 Å². The summed E-state index contributed by atoms with van der Waals surface area (Å²) in [6.45, 7) is 8.66. The van der Waals surface area contributed by atoms with Crippen molar-refractivity contribution in [3.8, 4) is 0 Å². The maximum absolute atomic E-state index is 12.1. The molecule has 4 heteroatoms. The number of anilines is 1. The molecule has 2 aromatic carbocycles. The number of rotatable bonds is 6. The molecular formula is C23H28N2O2. The van der Waals surface area contributed by atoms with Crippen LogP contribution in [0.5, 0.6) is 0 Å². The van der Waals surface area contributed by atoms with Crippen molar-refractivity contribution in [2.75, 3.05) is 25.5 Å². The van der Waals surface area contributed by atoms with Crippen LogP contribution in [0, 0.1) is 13.8 Å². The highest BCUT2D eigenvalue weighted by atomic mass is 16.4. The Balaban J connectivity index is 1.88. The fraction of sp³-hybridized carbons (Fsp3) is 0.348. The van der Waals surface area contributed by atoms with E-state index in [4.69, 9.17) is 4.42 Å². The van der Waals surface area contributed by atoms with E-state index in [-0.39, 0.29) is 5.63 Å². The number of nitrogens with zero attached hydrogens (tertiary/aromatic N) is 2. The van der Waals surface area contributed by atoms with Gasteiger partial charge in [0.05, 0.1) is 0 Å². The molecule has 0 aliphatic carbocycles. The monoisotopic (exact) mass is 364 g/mol. The Labute approximate surface area is 161 Å². The van der Waals surface area contributed by atoms with Crippen LogP contribution in [0.1, 0.15) is 29.2 Å². The van der Waals surface area contributed by atoms with E-state index in [2.05, 4.69) is 53.1 Å². The van der Waals surface area contributed by atoms with Crippen LogP contribution in [0.15, 0.2) is 51.7 Å². The molecule has 1 aromatic heterocycles. The molecule has 0 aliphatic heterocycles. The molecule has 0 amide bonds. The summed E-state index contributed by atoms with van der Waals surface area (Å²) >= 11 is 0. The minimum absolute atomic E-state index is 0.280. The first kappa shape index (κ1) is 19.2. The normalized spacial score (nSPS) is 11.3. The van der Waals surface area contributed by atoms with Gasteiger partial charge in [-0.05, 0) is 54.8 Å². The van der Waals surface area contributed by atoms with Gasteiger partial charge in [0.15, 0.2) is 0 Å². The van der Waals surface area contributed by atoms with Gasteiger partial charge in [-0.25, -0.2) is 4.79 Å². The van der Waals surface area contributed by atoms with Gasteiger partial charge in [-0.1, -0.05) is 31.2 Å². The summed E-state index contributed by atoms with van der Waals surface area (Å²) < 4.78 is 5.50. The van der Waals surface area contributed by atoms with Gasteiger partial charge in [-0.15, -0.1) is 0 Å². The van der Waals surface area contributed by atoms with Crippen LogP contribution in [-0.4, -0.2) is 25.5 Å². The van der Waals surface area contributed by atoms with Crippen molar-refractivity contribution in [2.45, 2.75) is 33.9 Å². The van der Waals surface area contributed by atoms with E-state index in [1.165, 1.54) is 11.3 Å². The highest BCUT2D eigenvalue weighted by Gasteiger charge is 2.13. The minimum Gasteiger partial charge on any atom is -0.422 e. The molecule has 0 aliphatic rings. The molecule has 0 atom stereocenters. The van der Waals surface area contributed by atoms with E-state index >= 15 is 0 Å². The molecule has 27 heavy (non-hydrogen) atoms. The summed E-state index contributed by atoms with van der Waals surface area (Å²) in [5.74, 6) is 0. The molecule has 3 rings (SSSR count). The van der Waals surface area contributed by atoms with Crippen LogP contribution in [0.2, 0.25) is 0 Å². The summed E-state index contributed by atoms with van der Waals surface area (Å²) in [4.78, 5) is 16.5. The molecule has 0 fully saturated rings. The third kappa shape index (κ3) is 4.22. The molecule has 0 bridgehead atoms. The zero-order valence-corrected chi connectivity index (χ0v) is 16.9. The van der Waals surface area contributed by atoms with E-state index in [1.807, 2.05) is 27.9 Å². The van der Waals surface area contributed by atoms with Gasteiger partial charge in [-0.3, -0.25) is 4.90 Å². The Morgan fingerprint density at radius 2 is 1.67 bits per heavy atom. The van der Waals surface area contributed by atoms with E-state index in [0.29, 0.717) is 5.58 Å². The molecular weight excluding hydrogens is 336 g/mol. The second kappa shape index (κ2) is 7.97. The van der Waals surface area contributed by atoms with Gasteiger partial charge in [0.2, 0.25) is 0 Å². The molecule has 0 saturated carbocycles. The van der Waals surface area contributed by atoms with Crippen molar-refractivity contribution >= 4 is 16.7 Å². The topological polar surface area (TPSA) is 36.7 Å². The fourth-order valence-electron chi connectivity index (χ4n) is 3.33. The number of aryl methyl sites for hydroxylation is 2. The van der Waals surface area contributed by atoms with Crippen molar-refractivity contribution in [2.24, 2.45) is 0 Å². The largest absolute Gasteiger partial charge is 0.422 e. The first-order chi connectivity index (χ1) is 12.9. The molecule has 3 aromatic rings. The summed E-state index contributed by atoms with van der Waals surface area (Å²) in [6.07, 6.45) is 0. The van der Waals surface area contributed by atoms with Crippen molar-refractivity contribution in [3.63, 3.8) is 0 Å². The van der Waals surface area contributed by atoms with Gasteiger partial charge in [0.1, 0.15) is 5.58 Å². The second-order valence-corrected chi connectivity index (χ2v) is 7.34. The Kier molecular flexibility index (Phi) is 5.66. The van der Waals surface area contributed by atoms with Crippen LogP contribution >= 0.6 is 0 Å². The van der Waals surface area contributed by atoms with Crippen LogP contribution in [0.25, 0.3) is 11.0 Å². The van der Waals surface area contributed by atoms with Crippen molar-refractivity contribution in [1.29, 1.82) is 0 Å². The zero-order valence-electron chi connectivity index (χ0n) is 16.9. The lowest BCUT2D eigenvalue weighted by molar-refractivity contribution is 0.272. The lowest BCUT2D eigenvalue weighted by Gasteiger charge is -2.22. The van der Waals surface area contributed by atoms with Gasteiger partial charge in [0, 0.05) is 44.3 Å². The van der Waals surface area contributed by atoms with E-state index in [1.54, 1.807) is 6.07 Å². The smallest absolute Gasteiger partial charge is 0.336 e. The van der Waals surface area contributed by atoms with Crippen LogP contribution in [0.4, 0.5) is 5.69 Å². The highest BCUT2D eigenvalue weighted by molar-refractivity contribution is 5.83. The summed E-state index contributed by atoms with van der Waals surface area (Å²) in [5, 5.41) is 1.03. The van der Waals surface area contributed by atoms with E-state index < -0.39 is 0 Å². The van der Waals surface area contributed by atoms with Crippen LogP contribution in [-0.2, 0) is 13.1 Å². The number of hydrogen-bond donors (Lipinski definition) is 0. The van der Waals surface area contributed by atoms with Crippen molar-refractivity contribution < 1.29 is 4.42 Å². The lowest BCUT2D eigenvalue weighted by Crippen LogP contribution is -2.23. The predicted molar refractivity (Wildman–Crippen MR) is 113 cm³/mol. The average Bonchev–Trinajstić information content (AvgIpc) is 2.65. The summed E-state index contributed by atoms with van der Waals surface area (Å²) in [6, 6.07) is 14.4. The van der Waals surface area contributed by atoms with Gasteiger partial charge in [0.25, 0.3) is 0 Å². The number of fused-ring (bicyclic) bond motifs is 1. The Morgan fingerprint density at radius 1 is 0.963 bits per heavy atom. The molecule has 0 unspecified atom stereocenters. The lowest BCUT2D eigenvalue weighted by atomic mass is 10.0. The third-order valence-corrected chi connectivity index (χ3v) is 5.22. The SMILES string of the molecule is CCN(Cc1ccc(N(C)C)cc1)Cc1cc(=O)oc2c(C)c(C)ccc12. The number of hydrogen-bond acceptors (Lipinski definition) is 4. The predicted octanol–water partition coefficient (Wildman–Crippen LogP) is 4.50. The number of benzene rings is 2. The van der Waals surface area contributed by atoms with Gasteiger partial charge in [-0.2, -0.15) is 0 Å². The first-order valence-corrected chi connectivity index (χ1v) is 9.40. The standard InChI is InChI=1S/C23H28N2O2/c1-6-25(14-18-8-10-20(11-9-18)24(4)5)15-19-13-22(26)27-23-17(3)16(2)7-12-21(19)23/h7-13H,6,14-15H2,1-5H3. The Bertz CT molecular complexity index is 988. The maximum atomic E-state index is 12.1. The Hall–Kier alpha value is -2.59. The molecule has 0 spiro atoms. The Morgan fingerprint density at radius 3 is 2.30 bits per heavy atom. The zero-order chi connectivity index (χ0) is 19.6. The first-order valence-electron chi connectivity index (χ1n) is 9.40. The van der Waals surface area contributed by atoms with Crippen molar-refractivity contribution in [1.82, 2.24) is 4.90 Å². The second-order valence-electron chi connectivity index (χ2n) is 7.34. The van der Waals surface area contributed by atoms with Gasteiger partial charge >= 0.3 is 5.63 Å². The molecule has 0 N–H and O–H groups in total. The molecule has 0 radical (unpaired) electrons. The van der Waals surface area contributed by atoms with E-state index in [9.17, 15) is 4.79 Å². The molecule has 1 heterocycles. The third-order valence-electron chi connectivity index (χ3n) is 5.22. The maximum Gasteiger partial charge on any atom is 0.336 e. The molecule has 4 nitrogen and oxygen atoms in total. The van der Waals surface area contributed by atoms with E-state index in [0.717, 1.165) is 41.7 Å². The quantitative estimate of drug-likeness (QED) is 0.604. The van der Waals surface area contributed by atoms with Crippen molar-refractivity contribution in [3.05, 3.63) is 75.1 Å². The summed E-state index contributed by atoms with van der Waals surface area (Å²) in [5.41, 5.74) is 6.09. The van der Waals surface area contributed by atoms with Crippen LogP contribution < -0.4 is 10.5 Å². The average molecular weight is 364 g/mol. The molecule has 142 valence electrons. The highest BCUT2D eigenvalue weighted by Crippen LogP contribution is 2.24. The van der Waals surface area contributed by atoms with Gasteiger partial charge < -0.3 is 9.32 Å².